The molecule has 96 valence electrons. The third kappa shape index (κ3) is 4.44. The predicted octanol–water partition coefficient (Wildman–Crippen LogP) is 3.80. The molecule has 1 aromatic carbocycles. The van der Waals surface area contributed by atoms with Crippen LogP contribution in [0.3, 0.4) is 0 Å². The topological polar surface area (TPSA) is 22.1 Å². The van der Waals surface area contributed by atoms with Gasteiger partial charge in [0.2, 0.25) is 0 Å². The van der Waals surface area contributed by atoms with E-state index in [2.05, 4.69) is 36.2 Å². The number of ether oxygens (including phenoxy) is 1. The summed E-state index contributed by atoms with van der Waals surface area (Å²) in [6.07, 6.45) is 0.979. The second-order valence-electron chi connectivity index (χ2n) is 3.88. The van der Waals surface area contributed by atoms with Gasteiger partial charge in [-0.3, -0.25) is 0 Å². The van der Waals surface area contributed by atoms with Crippen LogP contribution >= 0.6 is 23.1 Å². The summed E-state index contributed by atoms with van der Waals surface area (Å²) in [6.45, 7) is 3.65. The van der Waals surface area contributed by atoms with E-state index in [9.17, 15) is 0 Å². The van der Waals surface area contributed by atoms with E-state index in [0.717, 1.165) is 31.1 Å². The van der Waals surface area contributed by atoms with Crippen LogP contribution in [0.2, 0.25) is 0 Å². The molecule has 18 heavy (non-hydrogen) atoms. The van der Waals surface area contributed by atoms with E-state index < -0.39 is 0 Å². The number of nitrogens with zero attached hydrogens (tertiary/aromatic N) is 1. The van der Waals surface area contributed by atoms with E-state index in [0.29, 0.717) is 0 Å². The molecule has 0 aliphatic carbocycles. The molecule has 0 spiro atoms. The van der Waals surface area contributed by atoms with Crippen molar-refractivity contribution in [1.29, 1.82) is 0 Å². The molecule has 0 saturated heterocycles. The molecule has 2 rings (SSSR count). The first-order valence-corrected chi connectivity index (χ1v) is 7.87. The Morgan fingerprint density at radius 2 is 2.06 bits per heavy atom. The average Bonchev–Trinajstić information content (AvgIpc) is 2.81. The Hall–Kier alpha value is -0.840. The van der Waals surface area contributed by atoms with Gasteiger partial charge in [-0.25, -0.2) is 4.98 Å². The van der Waals surface area contributed by atoms with Gasteiger partial charge in [0, 0.05) is 21.9 Å². The van der Waals surface area contributed by atoms with E-state index in [4.69, 9.17) is 4.74 Å². The van der Waals surface area contributed by atoms with Gasteiger partial charge in [-0.05, 0) is 19.1 Å². The predicted molar refractivity (Wildman–Crippen MR) is 78.5 cm³/mol. The van der Waals surface area contributed by atoms with Crippen LogP contribution in [0.25, 0.3) is 0 Å². The number of aryl methyl sites for hydroxylation is 1. The van der Waals surface area contributed by atoms with Crippen LogP contribution in [0.1, 0.15) is 10.6 Å². The molecule has 0 amide bonds. The lowest BCUT2D eigenvalue weighted by molar-refractivity contribution is 0.154. The Morgan fingerprint density at radius 1 is 1.22 bits per heavy atom. The summed E-state index contributed by atoms with van der Waals surface area (Å²) in [5.74, 6) is 1.01. The number of thioether (sulfide) groups is 1. The highest BCUT2D eigenvalue weighted by molar-refractivity contribution is 7.99. The normalized spacial score (nSPS) is 10.7. The first-order chi connectivity index (χ1) is 8.86. The molecule has 0 N–H and O–H groups in total. The molecular weight excluding hydrogens is 262 g/mol. The highest BCUT2D eigenvalue weighted by Crippen LogP contribution is 2.16. The number of hydrogen-bond donors (Lipinski definition) is 0. The molecule has 1 aromatic heterocycles. The maximum atomic E-state index is 5.64. The van der Waals surface area contributed by atoms with E-state index >= 15 is 0 Å². The molecule has 0 atom stereocenters. The van der Waals surface area contributed by atoms with Crippen molar-refractivity contribution in [2.45, 2.75) is 18.2 Å². The third-order valence-corrected chi connectivity index (χ3v) is 4.53. The molecule has 0 radical (unpaired) electrons. The molecule has 0 saturated carbocycles. The molecule has 0 bridgehead atoms. The van der Waals surface area contributed by atoms with E-state index in [1.807, 2.05) is 23.3 Å². The number of benzene rings is 1. The summed E-state index contributed by atoms with van der Waals surface area (Å²) in [5, 5.41) is 0. The van der Waals surface area contributed by atoms with Crippen molar-refractivity contribution >= 4 is 23.1 Å². The summed E-state index contributed by atoms with van der Waals surface area (Å²) in [4.78, 5) is 6.87. The molecular formula is C14H17NOS2. The highest BCUT2D eigenvalue weighted by atomic mass is 32.2. The Bertz CT molecular complexity index is 456. The molecule has 0 unspecified atom stereocenters. The highest BCUT2D eigenvalue weighted by Gasteiger charge is 2.00. The van der Waals surface area contributed by atoms with Gasteiger partial charge in [0.05, 0.1) is 24.4 Å². The smallest absolute Gasteiger partial charge is 0.0797 e. The molecule has 2 aromatic rings. The Morgan fingerprint density at radius 3 is 2.78 bits per heavy atom. The van der Waals surface area contributed by atoms with Crippen LogP contribution in [0, 0.1) is 6.92 Å². The monoisotopic (exact) mass is 279 g/mol. The largest absolute Gasteiger partial charge is 0.380 e. The third-order valence-electron chi connectivity index (χ3n) is 2.56. The lowest BCUT2D eigenvalue weighted by Gasteiger charge is -2.04. The minimum atomic E-state index is 0.790. The summed E-state index contributed by atoms with van der Waals surface area (Å²) < 4.78 is 5.64. The van der Waals surface area contributed by atoms with Crippen LogP contribution < -0.4 is 0 Å². The number of aromatic nitrogens is 1. The summed E-state index contributed by atoms with van der Waals surface area (Å²) >= 11 is 3.55. The maximum absolute atomic E-state index is 5.64. The number of hydrogen-bond acceptors (Lipinski definition) is 4. The van der Waals surface area contributed by atoms with Crippen molar-refractivity contribution in [2.75, 3.05) is 19.0 Å². The molecule has 2 nitrogen and oxygen atoms in total. The Kier molecular flexibility index (Phi) is 5.71. The average molecular weight is 279 g/mol. The summed E-state index contributed by atoms with van der Waals surface area (Å²) in [7, 11) is 0. The van der Waals surface area contributed by atoms with E-state index in [1.165, 1.54) is 9.77 Å². The standard InChI is InChI=1S/C14H17NOS2/c1-12-14(18-11-15-12)7-8-16-9-10-17-13-5-3-2-4-6-13/h2-6,11H,7-10H2,1H3. The first kappa shape index (κ1) is 13.6. The fraction of sp³-hybridized carbons (Fsp3) is 0.357. The molecule has 0 aliphatic heterocycles. The summed E-state index contributed by atoms with van der Waals surface area (Å²) in [5.41, 5.74) is 3.04. The second kappa shape index (κ2) is 7.56. The van der Waals surface area contributed by atoms with E-state index in [-0.39, 0.29) is 0 Å². The van der Waals surface area contributed by atoms with Gasteiger partial charge in [0.1, 0.15) is 0 Å². The van der Waals surface area contributed by atoms with Crippen LogP contribution in [-0.4, -0.2) is 24.0 Å². The number of rotatable bonds is 7. The van der Waals surface area contributed by atoms with Crippen molar-refractivity contribution in [3.05, 3.63) is 46.4 Å². The van der Waals surface area contributed by atoms with Crippen molar-refractivity contribution in [3.8, 4) is 0 Å². The van der Waals surface area contributed by atoms with Gasteiger partial charge >= 0.3 is 0 Å². The molecule has 1 heterocycles. The SMILES string of the molecule is Cc1ncsc1CCOCCSc1ccccc1. The van der Waals surface area contributed by atoms with Crippen molar-refractivity contribution in [2.24, 2.45) is 0 Å². The van der Waals surface area contributed by atoms with Crippen molar-refractivity contribution in [3.63, 3.8) is 0 Å². The zero-order chi connectivity index (χ0) is 12.6. The van der Waals surface area contributed by atoms with E-state index in [1.54, 1.807) is 11.3 Å². The lowest BCUT2D eigenvalue weighted by atomic mass is 10.3. The van der Waals surface area contributed by atoms with Gasteiger partial charge < -0.3 is 4.74 Å². The fourth-order valence-electron chi connectivity index (χ4n) is 1.57. The van der Waals surface area contributed by atoms with Gasteiger partial charge in [0.25, 0.3) is 0 Å². The van der Waals surface area contributed by atoms with Crippen molar-refractivity contribution < 1.29 is 4.74 Å². The first-order valence-electron chi connectivity index (χ1n) is 6.01. The molecule has 4 heteroatoms. The second-order valence-corrected chi connectivity index (χ2v) is 5.99. The quantitative estimate of drug-likeness (QED) is 0.568. The minimum Gasteiger partial charge on any atom is -0.380 e. The summed E-state index contributed by atoms with van der Waals surface area (Å²) in [6, 6.07) is 10.4. The zero-order valence-corrected chi connectivity index (χ0v) is 12.1. The van der Waals surface area contributed by atoms with Crippen molar-refractivity contribution in [1.82, 2.24) is 4.98 Å². The minimum absolute atomic E-state index is 0.790. The van der Waals surface area contributed by atoms with Crippen LogP contribution in [0.5, 0.6) is 0 Å². The Labute approximate surface area is 116 Å². The molecule has 0 aliphatic rings. The fourth-order valence-corrected chi connectivity index (χ4v) is 3.12. The lowest BCUT2D eigenvalue weighted by Crippen LogP contribution is -2.02. The maximum Gasteiger partial charge on any atom is 0.0797 e. The van der Waals surface area contributed by atoms with Gasteiger partial charge in [-0.1, -0.05) is 18.2 Å². The zero-order valence-electron chi connectivity index (χ0n) is 10.5. The Balaban J connectivity index is 1.56. The van der Waals surface area contributed by atoms with Gasteiger partial charge in [-0.2, -0.15) is 0 Å². The molecule has 0 fully saturated rings. The van der Waals surface area contributed by atoms with Crippen LogP contribution in [0.4, 0.5) is 0 Å². The van der Waals surface area contributed by atoms with Gasteiger partial charge in [-0.15, -0.1) is 23.1 Å². The van der Waals surface area contributed by atoms with Crippen LogP contribution in [0.15, 0.2) is 40.7 Å². The van der Waals surface area contributed by atoms with Gasteiger partial charge in [0.15, 0.2) is 0 Å². The number of thiazole rings is 1. The van der Waals surface area contributed by atoms with Crippen LogP contribution in [-0.2, 0) is 11.2 Å².